The van der Waals surface area contributed by atoms with E-state index >= 15 is 0 Å². The second-order valence-corrected chi connectivity index (χ2v) is 5.78. The van der Waals surface area contributed by atoms with Crippen LogP contribution < -0.4 is 15.4 Å². The van der Waals surface area contributed by atoms with Crippen LogP contribution >= 0.6 is 0 Å². The van der Waals surface area contributed by atoms with Crippen LogP contribution in [-0.4, -0.2) is 44.8 Å². The highest BCUT2D eigenvalue weighted by Crippen LogP contribution is 2.20. The molecular formula is C20H21FN2O6. The molecule has 0 radical (unpaired) electrons. The zero-order valence-electron chi connectivity index (χ0n) is 15.8. The van der Waals surface area contributed by atoms with E-state index in [1.807, 2.05) is 5.32 Å². The third-order valence-electron chi connectivity index (χ3n) is 3.59. The molecule has 154 valence electrons. The number of imide groups is 1. The fourth-order valence-corrected chi connectivity index (χ4v) is 2.19. The second kappa shape index (κ2) is 11.4. The molecule has 0 atom stereocenters. The van der Waals surface area contributed by atoms with Gasteiger partial charge in [-0.25, -0.2) is 14.0 Å². The van der Waals surface area contributed by atoms with E-state index < -0.39 is 24.5 Å². The maximum atomic E-state index is 13.0. The summed E-state index contributed by atoms with van der Waals surface area (Å²) >= 11 is 0. The molecule has 0 unspecified atom stereocenters. The fourth-order valence-electron chi connectivity index (χ4n) is 2.19. The average Bonchev–Trinajstić information content (AvgIpc) is 2.72. The quantitative estimate of drug-likeness (QED) is 0.490. The second-order valence-electron chi connectivity index (χ2n) is 5.78. The number of halogens is 1. The molecule has 0 bridgehead atoms. The Balaban J connectivity index is 1.86. The van der Waals surface area contributed by atoms with Gasteiger partial charge in [0.2, 0.25) is 0 Å². The zero-order valence-corrected chi connectivity index (χ0v) is 15.8. The molecule has 2 aromatic rings. The summed E-state index contributed by atoms with van der Waals surface area (Å²) in [6.45, 7) is 0.00893. The van der Waals surface area contributed by atoms with Gasteiger partial charge in [-0.1, -0.05) is 24.3 Å². The molecule has 8 nitrogen and oxygen atoms in total. The number of hydrogen-bond acceptors (Lipinski definition) is 6. The summed E-state index contributed by atoms with van der Waals surface area (Å²) in [4.78, 5) is 35.4. The monoisotopic (exact) mass is 404 g/mol. The van der Waals surface area contributed by atoms with E-state index in [9.17, 15) is 18.8 Å². The van der Waals surface area contributed by atoms with Gasteiger partial charge in [0.1, 0.15) is 23.7 Å². The summed E-state index contributed by atoms with van der Waals surface area (Å²) in [6.07, 6.45) is 0. The van der Waals surface area contributed by atoms with Crippen LogP contribution in [0.25, 0.3) is 0 Å². The van der Waals surface area contributed by atoms with Gasteiger partial charge in [0.05, 0.1) is 6.61 Å². The van der Waals surface area contributed by atoms with Gasteiger partial charge >= 0.3 is 12.0 Å². The molecule has 0 saturated carbocycles. The molecule has 0 saturated heterocycles. The minimum Gasteiger partial charge on any atom is -0.488 e. The number of carbonyl (C=O) groups is 3. The van der Waals surface area contributed by atoms with Crippen molar-refractivity contribution in [2.24, 2.45) is 0 Å². The van der Waals surface area contributed by atoms with E-state index in [1.165, 1.54) is 25.3 Å². The molecule has 0 aliphatic rings. The van der Waals surface area contributed by atoms with Gasteiger partial charge in [-0.2, -0.15) is 0 Å². The number of methoxy groups -OCH3 is 1. The standard InChI is InChI=1S/C20H21FN2O6/c1-27-11-10-22-20(26)23-18(24)13-29-19(25)16-4-2-3-5-17(16)28-12-14-6-8-15(21)9-7-14/h2-9H,10-13H2,1H3,(H2,22,23,24,26). The lowest BCUT2D eigenvalue weighted by molar-refractivity contribution is -0.123. The number of benzene rings is 2. The Morgan fingerprint density at radius 3 is 2.48 bits per heavy atom. The zero-order chi connectivity index (χ0) is 21.1. The van der Waals surface area contributed by atoms with Gasteiger partial charge < -0.3 is 19.5 Å². The van der Waals surface area contributed by atoms with Crippen molar-refractivity contribution in [1.29, 1.82) is 0 Å². The first-order chi connectivity index (χ1) is 14.0. The summed E-state index contributed by atoms with van der Waals surface area (Å²) in [5, 5.41) is 4.43. The highest BCUT2D eigenvalue weighted by molar-refractivity contribution is 5.97. The van der Waals surface area contributed by atoms with Crippen LogP contribution in [0, 0.1) is 5.82 Å². The van der Waals surface area contributed by atoms with Gasteiger partial charge in [0.15, 0.2) is 6.61 Å². The van der Waals surface area contributed by atoms with E-state index in [4.69, 9.17) is 14.2 Å². The number of urea groups is 1. The van der Waals surface area contributed by atoms with Gasteiger partial charge in [-0.15, -0.1) is 0 Å². The lowest BCUT2D eigenvalue weighted by Crippen LogP contribution is -2.42. The summed E-state index contributed by atoms with van der Waals surface area (Å²) in [5.41, 5.74) is 0.834. The minimum atomic E-state index is -0.783. The Labute approximate surface area is 166 Å². The number of nitrogens with one attached hydrogen (secondary N) is 2. The lowest BCUT2D eigenvalue weighted by Gasteiger charge is -2.11. The molecule has 0 aliphatic heterocycles. The van der Waals surface area contributed by atoms with E-state index in [2.05, 4.69) is 5.32 Å². The molecule has 2 aromatic carbocycles. The molecule has 0 spiro atoms. The molecule has 0 aromatic heterocycles. The summed E-state index contributed by atoms with van der Waals surface area (Å²) in [6, 6.07) is 11.4. The summed E-state index contributed by atoms with van der Waals surface area (Å²) in [5.74, 6) is -1.67. The molecular weight excluding hydrogens is 383 g/mol. The first kappa shape index (κ1) is 21.8. The number of para-hydroxylation sites is 1. The number of ether oxygens (including phenoxy) is 3. The van der Waals surface area contributed by atoms with E-state index in [-0.39, 0.29) is 30.3 Å². The van der Waals surface area contributed by atoms with Crippen LogP contribution in [0.4, 0.5) is 9.18 Å². The predicted octanol–water partition coefficient (Wildman–Crippen LogP) is 2.03. The van der Waals surface area contributed by atoms with Crippen LogP contribution in [-0.2, 0) is 20.9 Å². The first-order valence-corrected chi connectivity index (χ1v) is 8.69. The van der Waals surface area contributed by atoms with Crippen molar-refractivity contribution in [3.63, 3.8) is 0 Å². The average molecular weight is 404 g/mol. The number of esters is 1. The maximum Gasteiger partial charge on any atom is 0.342 e. The Morgan fingerprint density at radius 1 is 1.03 bits per heavy atom. The Morgan fingerprint density at radius 2 is 1.76 bits per heavy atom. The van der Waals surface area contributed by atoms with Crippen molar-refractivity contribution >= 4 is 17.9 Å². The first-order valence-electron chi connectivity index (χ1n) is 8.69. The van der Waals surface area contributed by atoms with Crippen LogP contribution in [0.15, 0.2) is 48.5 Å². The highest BCUT2D eigenvalue weighted by Gasteiger charge is 2.16. The van der Waals surface area contributed by atoms with Gasteiger partial charge in [-0.3, -0.25) is 10.1 Å². The smallest absolute Gasteiger partial charge is 0.342 e. The highest BCUT2D eigenvalue weighted by atomic mass is 19.1. The van der Waals surface area contributed by atoms with Gasteiger partial charge in [0, 0.05) is 13.7 Å². The molecule has 0 heterocycles. The van der Waals surface area contributed by atoms with Gasteiger partial charge in [-0.05, 0) is 29.8 Å². The summed E-state index contributed by atoms with van der Waals surface area (Å²) in [7, 11) is 1.48. The molecule has 3 amide bonds. The molecule has 0 fully saturated rings. The Hall–Kier alpha value is -3.46. The maximum absolute atomic E-state index is 13.0. The molecule has 0 aliphatic carbocycles. The Kier molecular flexibility index (Phi) is 8.58. The van der Waals surface area contributed by atoms with E-state index in [0.29, 0.717) is 12.2 Å². The number of rotatable bonds is 9. The summed E-state index contributed by atoms with van der Waals surface area (Å²) < 4.78 is 28.3. The van der Waals surface area contributed by atoms with E-state index in [0.717, 1.165) is 0 Å². The predicted molar refractivity (Wildman–Crippen MR) is 101 cm³/mol. The minimum absolute atomic E-state index is 0.118. The molecule has 9 heteroatoms. The lowest BCUT2D eigenvalue weighted by atomic mass is 10.2. The van der Waals surface area contributed by atoms with E-state index in [1.54, 1.807) is 30.3 Å². The number of carbonyl (C=O) groups excluding carboxylic acids is 3. The van der Waals surface area contributed by atoms with Crippen LogP contribution in [0.1, 0.15) is 15.9 Å². The SMILES string of the molecule is COCCNC(=O)NC(=O)COC(=O)c1ccccc1OCc1ccc(F)cc1. The van der Waals surface area contributed by atoms with Crippen LogP contribution in [0.2, 0.25) is 0 Å². The number of hydrogen-bond donors (Lipinski definition) is 2. The Bertz CT molecular complexity index is 841. The molecule has 2 rings (SSSR count). The van der Waals surface area contributed by atoms with Crippen molar-refractivity contribution < 1.29 is 33.0 Å². The number of amides is 3. The fraction of sp³-hybridized carbons (Fsp3) is 0.250. The van der Waals surface area contributed by atoms with Gasteiger partial charge in [0.25, 0.3) is 5.91 Å². The topological polar surface area (TPSA) is 103 Å². The van der Waals surface area contributed by atoms with Crippen LogP contribution in [0.5, 0.6) is 5.75 Å². The van der Waals surface area contributed by atoms with Crippen molar-refractivity contribution in [3.05, 3.63) is 65.5 Å². The van der Waals surface area contributed by atoms with Crippen LogP contribution in [0.3, 0.4) is 0 Å². The van der Waals surface area contributed by atoms with Crippen molar-refractivity contribution in [1.82, 2.24) is 10.6 Å². The normalized spacial score (nSPS) is 10.1. The van der Waals surface area contributed by atoms with Crippen molar-refractivity contribution in [3.8, 4) is 5.75 Å². The molecule has 29 heavy (non-hydrogen) atoms. The van der Waals surface area contributed by atoms with Crippen molar-refractivity contribution in [2.45, 2.75) is 6.61 Å². The third-order valence-corrected chi connectivity index (χ3v) is 3.59. The van der Waals surface area contributed by atoms with Crippen molar-refractivity contribution in [2.75, 3.05) is 26.9 Å². The molecule has 2 N–H and O–H groups in total. The largest absolute Gasteiger partial charge is 0.488 e. The third kappa shape index (κ3) is 7.59.